The van der Waals surface area contributed by atoms with Crippen LogP contribution in [0.1, 0.15) is 12.5 Å². The molecule has 1 saturated heterocycles. The summed E-state index contributed by atoms with van der Waals surface area (Å²) in [5.41, 5.74) is 2.18. The highest BCUT2D eigenvalue weighted by atomic mass is 32.2. The number of hydrogen-bond acceptors (Lipinski definition) is 8. The van der Waals surface area contributed by atoms with E-state index in [1.165, 1.54) is 17.9 Å². The largest absolute Gasteiger partial charge is 0.609 e. The first-order chi connectivity index (χ1) is 17.7. The maximum atomic E-state index is 15.0. The van der Waals surface area contributed by atoms with Crippen molar-refractivity contribution < 1.29 is 23.3 Å². The van der Waals surface area contributed by atoms with Gasteiger partial charge >= 0.3 is 11.2 Å². The molecule has 4 rings (SSSR count). The number of hydrogen-bond donors (Lipinski definition) is 1. The molecule has 1 unspecified atom stereocenters. The molecular formula is C24H28FN7O4S. The van der Waals surface area contributed by atoms with Crippen LogP contribution in [0.25, 0.3) is 11.1 Å². The monoisotopic (exact) mass is 529 g/mol. The van der Waals surface area contributed by atoms with Gasteiger partial charge in [-0.05, 0) is 48.3 Å². The topological polar surface area (TPSA) is 129 Å². The molecule has 196 valence electrons. The highest BCUT2D eigenvalue weighted by molar-refractivity contribution is 7.90. The highest BCUT2D eigenvalue weighted by Gasteiger charge is 2.32. The Morgan fingerprint density at radius 3 is 2.70 bits per heavy atom. The number of tetrazole rings is 1. The van der Waals surface area contributed by atoms with E-state index in [1.807, 2.05) is 19.0 Å². The smallest absolute Gasteiger partial charge is 0.414 e. The number of carbonyl (C=O) groups is 2. The summed E-state index contributed by atoms with van der Waals surface area (Å²) in [5, 5.41) is 14.4. The van der Waals surface area contributed by atoms with Gasteiger partial charge < -0.3 is 19.5 Å². The lowest BCUT2D eigenvalue weighted by atomic mass is 10.0. The van der Waals surface area contributed by atoms with Crippen molar-refractivity contribution in [3.8, 4) is 11.1 Å². The molecule has 2 aromatic carbocycles. The molecular weight excluding hydrogens is 501 g/mol. The number of likely N-dealkylation sites (N-methyl/N-ethyl adjacent to an activating group) is 1. The molecule has 13 heteroatoms. The zero-order valence-electron chi connectivity index (χ0n) is 20.8. The van der Waals surface area contributed by atoms with E-state index >= 15 is 4.39 Å². The van der Waals surface area contributed by atoms with Crippen LogP contribution < -0.4 is 10.2 Å². The molecule has 1 aliphatic heterocycles. The molecule has 1 N–H and O–H groups in total. The molecule has 0 spiro atoms. The van der Waals surface area contributed by atoms with Crippen LogP contribution in [-0.4, -0.2) is 81.5 Å². The minimum Gasteiger partial charge on any atom is -0.609 e. The van der Waals surface area contributed by atoms with Gasteiger partial charge in [-0.15, -0.1) is 0 Å². The van der Waals surface area contributed by atoms with Crippen molar-refractivity contribution in [3.05, 3.63) is 53.8 Å². The van der Waals surface area contributed by atoms with Gasteiger partial charge in [-0.25, -0.2) is 9.18 Å². The summed E-state index contributed by atoms with van der Waals surface area (Å²) in [6, 6.07) is 11.6. The number of cyclic esters (lactones) is 1. The lowest BCUT2D eigenvalue weighted by Crippen LogP contribution is -2.33. The Kier molecular flexibility index (Phi) is 8.36. The zero-order valence-corrected chi connectivity index (χ0v) is 21.6. The molecule has 0 saturated carbocycles. The molecule has 37 heavy (non-hydrogen) atoms. The van der Waals surface area contributed by atoms with Crippen molar-refractivity contribution in [2.24, 2.45) is 0 Å². The molecule has 11 nitrogen and oxygen atoms in total. The van der Waals surface area contributed by atoms with Gasteiger partial charge in [0.1, 0.15) is 17.7 Å². The van der Waals surface area contributed by atoms with Crippen LogP contribution >= 0.6 is 0 Å². The molecule has 0 bridgehead atoms. The second kappa shape index (κ2) is 11.7. The van der Waals surface area contributed by atoms with Crippen LogP contribution in [0, 0.1) is 5.82 Å². The predicted molar refractivity (Wildman–Crippen MR) is 135 cm³/mol. The van der Waals surface area contributed by atoms with Crippen LogP contribution in [0.2, 0.25) is 0 Å². The van der Waals surface area contributed by atoms with E-state index in [0.717, 1.165) is 5.56 Å². The average molecular weight is 530 g/mol. The van der Waals surface area contributed by atoms with Crippen molar-refractivity contribution in [2.45, 2.75) is 30.5 Å². The van der Waals surface area contributed by atoms with E-state index in [0.29, 0.717) is 35.1 Å². The van der Waals surface area contributed by atoms with Crippen LogP contribution in [0.15, 0.2) is 47.6 Å². The van der Waals surface area contributed by atoms with Crippen LogP contribution in [-0.2, 0) is 33.0 Å². The number of nitrogens with zero attached hydrogens (tertiary/aromatic N) is 6. The first-order valence-electron chi connectivity index (χ1n) is 11.6. The number of ether oxygens (including phenoxy) is 1. The Morgan fingerprint density at radius 2 is 2.03 bits per heavy atom. The molecule has 1 aliphatic rings. The van der Waals surface area contributed by atoms with Gasteiger partial charge in [-0.1, -0.05) is 29.4 Å². The van der Waals surface area contributed by atoms with E-state index in [4.69, 9.17) is 4.74 Å². The van der Waals surface area contributed by atoms with Gasteiger partial charge in [0.05, 0.1) is 25.3 Å². The maximum absolute atomic E-state index is 15.0. The second-order valence-electron chi connectivity index (χ2n) is 8.89. The molecule has 0 aliphatic carbocycles. The number of amides is 2. The van der Waals surface area contributed by atoms with Gasteiger partial charge in [-0.2, -0.15) is 4.68 Å². The Hall–Kier alpha value is -3.55. The molecule has 1 fully saturated rings. The third-order valence-corrected chi connectivity index (χ3v) is 7.04. The summed E-state index contributed by atoms with van der Waals surface area (Å²) >= 11 is -1.44. The fourth-order valence-electron chi connectivity index (χ4n) is 3.79. The zero-order chi connectivity index (χ0) is 26.5. The standard InChI is InChI=1S/C24H28FN7O4S/c1-16(33)26-13-20-14-31(24(34)36-20)19-8-9-21(22(25)12-19)18-6-4-17(5-7-18)15-37(35)23-27-28-29-32(23)11-10-30(2)3/h4-9,12,20H,10-11,13-15H2,1-3H3,(H,26,33)/t20-,37?/m0/s1. The minimum atomic E-state index is -1.44. The summed E-state index contributed by atoms with van der Waals surface area (Å²) in [6.07, 6.45) is -1.09. The number of carbonyl (C=O) groups excluding carboxylic acids is 2. The maximum Gasteiger partial charge on any atom is 0.414 e. The van der Waals surface area contributed by atoms with Gasteiger partial charge in [0.2, 0.25) is 5.91 Å². The fourth-order valence-corrected chi connectivity index (χ4v) is 4.91. The average Bonchev–Trinajstić information content (AvgIpc) is 3.48. The van der Waals surface area contributed by atoms with Gasteiger partial charge in [0, 0.05) is 35.8 Å². The first-order valence-corrected chi connectivity index (χ1v) is 12.9. The molecule has 2 amide bonds. The van der Waals surface area contributed by atoms with Gasteiger partial charge in [-0.3, -0.25) is 9.69 Å². The van der Waals surface area contributed by atoms with Crippen LogP contribution in [0.4, 0.5) is 14.9 Å². The van der Waals surface area contributed by atoms with Gasteiger partial charge in [0.25, 0.3) is 0 Å². The quantitative estimate of drug-likeness (QED) is 0.394. The summed E-state index contributed by atoms with van der Waals surface area (Å²) in [5.74, 6) is -0.490. The van der Waals surface area contributed by atoms with E-state index in [1.54, 1.807) is 41.1 Å². The first kappa shape index (κ1) is 26.5. The SMILES string of the molecule is CC(=O)NC[C@H]1CN(c2ccc(-c3ccc(C[S+]([O-])c4nnnn4CCN(C)C)cc3)c(F)c2)C(=O)O1. The number of aromatic nitrogens is 4. The van der Waals surface area contributed by atoms with Crippen molar-refractivity contribution in [1.82, 2.24) is 30.4 Å². The summed E-state index contributed by atoms with van der Waals surface area (Å²) in [4.78, 5) is 26.6. The van der Waals surface area contributed by atoms with Crippen molar-refractivity contribution in [3.63, 3.8) is 0 Å². The second-order valence-corrected chi connectivity index (χ2v) is 10.2. The van der Waals surface area contributed by atoms with Crippen LogP contribution in [0.3, 0.4) is 0 Å². The third-order valence-electron chi connectivity index (χ3n) is 5.74. The van der Waals surface area contributed by atoms with Crippen molar-refractivity contribution in [2.75, 3.05) is 38.6 Å². The van der Waals surface area contributed by atoms with Crippen molar-refractivity contribution >= 4 is 28.9 Å². The minimum absolute atomic E-state index is 0.195. The van der Waals surface area contributed by atoms with E-state index < -0.39 is 29.2 Å². The fraction of sp³-hybridized carbons (Fsp3) is 0.375. The number of rotatable bonds is 10. The summed E-state index contributed by atoms with van der Waals surface area (Å²) in [7, 11) is 3.87. The number of halogens is 1. The lowest BCUT2D eigenvalue weighted by molar-refractivity contribution is -0.119. The summed E-state index contributed by atoms with van der Waals surface area (Å²) in [6.45, 7) is 3.03. The Labute approximate surface area is 216 Å². The molecule has 1 aromatic heterocycles. The molecule has 3 aromatic rings. The Morgan fingerprint density at radius 1 is 1.27 bits per heavy atom. The van der Waals surface area contributed by atoms with Crippen molar-refractivity contribution in [1.29, 1.82) is 0 Å². The number of nitrogens with one attached hydrogen (secondary N) is 1. The van der Waals surface area contributed by atoms with Gasteiger partial charge in [0.15, 0.2) is 0 Å². The van der Waals surface area contributed by atoms with E-state index in [-0.39, 0.29) is 24.7 Å². The van der Waals surface area contributed by atoms with Crippen LogP contribution in [0.5, 0.6) is 0 Å². The Bertz CT molecular complexity index is 1250. The number of anilines is 1. The molecule has 2 heterocycles. The predicted octanol–water partition coefficient (Wildman–Crippen LogP) is 1.81. The molecule has 0 radical (unpaired) electrons. The lowest BCUT2D eigenvalue weighted by Gasteiger charge is -2.15. The Balaban J connectivity index is 1.41. The normalized spacial score (nSPS) is 16.2. The molecule has 2 atom stereocenters. The van der Waals surface area contributed by atoms with E-state index in [2.05, 4.69) is 20.8 Å². The number of benzene rings is 2. The summed E-state index contributed by atoms with van der Waals surface area (Å²) < 4.78 is 34.7. The third kappa shape index (κ3) is 6.61. The van der Waals surface area contributed by atoms with E-state index in [9.17, 15) is 14.1 Å². The highest BCUT2D eigenvalue weighted by Crippen LogP contribution is 2.29.